The Morgan fingerprint density at radius 1 is 1.05 bits per heavy atom. The molecular formula is C18H23GeN. The van der Waals surface area contributed by atoms with E-state index in [9.17, 15) is 0 Å². The summed E-state index contributed by atoms with van der Waals surface area (Å²) in [6, 6.07) is 12.8. The first-order valence-electron chi connectivity index (χ1n) is 7.20. The van der Waals surface area contributed by atoms with Gasteiger partial charge in [-0.25, -0.2) is 0 Å². The quantitative estimate of drug-likeness (QED) is 0.761. The van der Waals surface area contributed by atoms with Crippen molar-refractivity contribution in [1.82, 2.24) is 4.98 Å². The van der Waals surface area contributed by atoms with Crippen molar-refractivity contribution in [2.45, 2.75) is 44.8 Å². The number of pyridine rings is 1. The van der Waals surface area contributed by atoms with Crippen LogP contribution in [0.1, 0.15) is 46.1 Å². The summed E-state index contributed by atoms with van der Waals surface area (Å²) in [5.74, 6) is 0.557. The molecule has 1 nitrogen and oxygen atoms in total. The van der Waals surface area contributed by atoms with Crippen molar-refractivity contribution in [3.05, 3.63) is 48.2 Å². The zero-order valence-corrected chi connectivity index (χ0v) is 15.2. The molecule has 2 heteroatoms. The van der Waals surface area contributed by atoms with E-state index < -0.39 is 0 Å². The van der Waals surface area contributed by atoms with Crippen molar-refractivity contribution in [1.29, 1.82) is 0 Å². The van der Waals surface area contributed by atoms with Crippen LogP contribution in [-0.4, -0.2) is 20.4 Å². The van der Waals surface area contributed by atoms with Gasteiger partial charge in [-0.05, 0) is 0 Å². The zero-order valence-electron chi connectivity index (χ0n) is 13.1. The minimum absolute atomic E-state index is 0.166. The van der Waals surface area contributed by atoms with Gasteiger partial charge in [0.05, 0.1) is 0 Å². The van der Waals surface area contributed by atoms with Gasteiger partial charge < -0.3 is 0 Å². The van der Waals surface area contributed by atoms with Crippen LogP contribution >= 0.6 is 0 Å². The summed E-state index contributed by atoms with van der Waals surface area (Å²) < 4.78 is 1.92. The number of hydrogen-bond acceptors (Lipinski definition) is 1. The third kappa shape index (κ3) is 3.95. The van der Waals surface area contributed by atoms with Crippen LogP contribution in [0.5, 0.6) is 0 Å². The van der Waals surface area contributed by atoms with E-state index in [1.807, 2.05) is 6.07 Å². The molecule has 104 valence electrons. The fourth-order valence-electron chi connectivity index (χ4n) is 2.22. The maximum absolute atomic E-state index is 4.71. The second-order valence-electron chi connectivity index (χ2n) is 6.55. The standard InChI is InChI=1S/C18H23GeN/c1-13(2)15-11-17(14-9-7-6-8-10-14)20-12-16(15)19-18(3,4)5/h6-13H,1-5H3. The van der Waals surface area contributed by atoms with Crippen molar-refractivity contribution < 1.29 is 0 Å². The van der Waals surface area contributed by atoms with Crippen LogP contribution in [0.15, 0.2) is 42.6 Å². The summed E-state index contributed by atoms with van der Waals surface area (Å²) in [5, 5.41) is 0. The van der Waals surface area contributed by atoms with E-state index in [1.54, 1.807) is 0 Å². The Balaban J connectivity index is 2.43. The van der Waals surface area contributed by atoms with Gasteiger partial charge in [0.25, 0.3) is 0 Å². The van der Waals surface area contributed by atoms with E-state index >= 15 is 0 Å². The van der Waals surface area contributed by atoms with Gasteiger partial charge in [0.2, 0.25) is 0 Å². The van der Waals surface area contributed by atoms with Crippen LogP contribution in [-0.2, 0) is 0 Å². The molecule has 0 N–H and O–H groups in total. The molecule has 0 aliphatic heterocycles. The molecule has 0 aliphatic carbocycles. The second kappa shape index (κ2) is 6.13. The SMILES string of the molecule is CC(C)c1cc(-c2ccccc2)nc[c]1[Ge][C](C)(C)C. The summed E-state index contributed by atoms with van der Waals surface area (Å²) in [5.41, 5.74) is 3.78. The van der Waals surface area contributed by atoms with E-state index in [0.717, 1.165) is 5.69 Å². The monoisotopic (exact) mass is 327 g/mol. The van der Waals surface area contributed by atoms with E-state index in [0.29, 0.717) is 10.2 Å². The van der Waals surface area contributed by atoms with Gasteiger partial charge >= 0.3 is 129 Å². The number of aromatic nitrogens is 1. The third-order valence-corrected chi connectivity index (χ3v) is 6.15. The van der Waals surface area contributed by atoms with E-state index in [-0.39, 0.29) is 15.4 Å². The molecule has 2 aromatic rings. The van der Waals surface area contributed by atoms with Gasteiger partial charge in [-0.2, -0.15) is 0 Å². The average Bonchev–Trinajstić information content (AvgIpc) is 2.38. The van der Waals surface area contributed by atoms with Gasteiger partial charge in [0, 0.05) is 0 Å². The summed E-state index contributed by atoms with van der Waals surface area (Å²) in [7, 11) is 0. The Morgan fingerprint density at radius 2 is 1.70 bits per heavy atom. The summed E-state index contributed by atoms with van der Waals surface area (Å²) in [4.78, 5) is 4.71. The van der Waals surface area contributed by atoms with Gasteiger partial charge in [0.1, 0.15) is 0 Å². The number of benzene rings is 1. The van der Waals surface area contributed by atoms with Crippen molar-refractivity contribution in [2.24, 2.45) is 0 Å². The summed E-state index contributed by atoms with van der Waals surface area (Å²) in [6.45, 7) is 11.6. The molecule has 0 aliphatic rings. The normalized spacial score (nSPS) is 11.9. The van der Waals surface area contributed by atoms with E-state index in [2.05, 4.69) is 71.1 Å². The molecule has 0 spiro atoms. The molecule has 0 unspecified atom stereocenters. The van der Waals surface area contributed by atoms with Crippen molar-refractivity contribution >= 4 is 19.8 Å². The van der Waals surface area contributed by atoms with E-state index in [4.69, 9.17) is 4.98 Å². The molecule has 20 heavy (non-hydrogen) atoms. The first kappa shape index (κ1) is 15.3. The van der Waals surface area contributed by atoms with Crippen LogP contribution in [0.25, 0.3) is 11.3 Å². The van der Waals surface area contributed by atoms with E-state index in [1.165, 1.54) is 15.5 Å². The molecule has 2 radical (unpaired) electrons. The topological polar surface area (TPSA) is 12.9 Å². The zero-order chi connectivity index (χ0) is 14.8. The Labute approximate surface area is 129 Å². The Kier molecular flexibility index (Phi) is 4.69. The Bertz CT molecular complexity index is 568. The second-order valence-corrected chi connectivity index (χ2v) is 11.4. The predicted molar refractivity (Wildman–Crippen MR) is 88.9 cm³/mol. The van der Waals surface area contributed by atoms with Gasteiger partial charge in [0.15, 0.2) is 0 Å². The molecule has 0 fully saturated rings. The Morgan fingerprint density at radius 3 is 2.25 bits per heavy atom. The molecule has 0 saturated carbocycles. The van der Waals surface area contributed by atoms with Gasteiger partial charge in [-0.1, -0.05) is 0 Å². The van der Waals surface area contributed by atoms with Crippen molar-refractivity contribution in [2.75, 3.05) is 0 Å². The molecule has 1 aromatic heterocycles. The third-order valence-electron chi connectivity index (χ3n) is 3.14. The first-order chi connectivity index (χ1) is 9.37. The van der Waals surface area contributed by atoms with Crippen LogP contribution in [0.2, 0.25) is 4.25 Å². The van der Waals surface area contributed by atoms with Crippen LogP contribution < -0.4 is 4.40 Å². The van der Waals surface area contributed by atoms with Crippen molar-refractivity contribution in [3.63, 3.8) is 0 Å². The summed E-state index contributed by atoms with van der Waals surface area (Å²) >= 11 is -0.166. The fourth-order valence-corrected chi connectivity index (χ4v) is 5.25. The predicted octanol–water partition coefficient (Wildman–Crippen LogP) is 4.42. The number of rotatable bonds is 3. The first-order valence-corrected chi connectivity index (χ1v) is 9.30. The molecule has 0 bridgehead atoms. The molecular weight excluding hydrogens is 303 g/mol. The number of nitrogens with zero attached hydrogens (tertiary/aromatic N) is 1. The molecule has 1 heterocycles. The number of hydrogen-bond donors (Lipinski definition) is 0. The summed E-state index contributed by atoms with van der Waals surface area (Å²) in [6.07, 6.45) is 2.13. The molecule has 2 rings (SSSR count). The van der Waals surface area contributed by atoms with Gasteiger partial charge in [-0.15, -0.1) is 0 Å². The minimum atomic E-state index is -0.166. The van der Waals surface area contributed by atoms with Crippen LogP contribution in [0.3, 0.4) is 0 Å². The maximum atomic E-state index is 4.71. The fraction of sp³-hybridized carbons (Fsp3) is 0.389. The molecule has 0 saturated heterocycles. The molecule has 1 aromatic carbocycles. The molecule has 0 amide bonds. The Hall–Kier alpha value is -1.09. The van der Waals surface area contributed by atoms with Gasteiger partial charge in [-0.3, -0.25) is 0 Å². The van der Waals surface area contributed by atoms with Crippen molar-refractivity contribution in [3.8, 4) is 11.3 Å². The van der Waals surface area contributed by atoms with Crippen LogP contribution in [0, 0.1) is 0 Å². The molecule has 0 atom stereocenters. The average molecular weight is 326 g/mol. The van der Waals surface area contributed by atoms with Crippen LogP contribution in [0.4, 0.5) is 0 Å².